The first-order chi connectivity index (χ1) is 27.2. The van der Waals surface area contributed by atoms with Gasteiger partial charge in [-0.3, -0.25) is 0 Å². The van der Waals surface area contributed by atoms with E-state index in [9.17, 15) is 0 Å². The second kappa shape index (κ2) is 13.4. The van der Waals surface area contributed by atoms with Crippen molar-refractivity contribution in [2.24, 2.45) is 0 Å². The predicted molar refractivity (Wildman–Crippen MR) is 227 cm³/mol. The summed E-state index contributed by atoms with van der Waals surface area (Å²) >= 11 is 0. The van der Waals surface area contributed by atoms with Crippen LogP contribution in [-0.2, 0) is 0 Å². The lowest BCUT2D eigenvalue weighted by Crippen LogP contribution is -2.56. The molecule has 0 aromatic heterocycles. The van der Waals surface area contributed by atoms with Crippen LogP contribution in [0.15, 0.2) is 188 Å². The Bertz CT molecular complexity index is 2590. The Labute approximate surface area is 318 Å². The van der Waals surface area contributed by atoms with E-state index in [1.54, 1.807) is 6.07 Å². The van der Waals surface area contributed by atoms with Crippen LogP contribution >= 0.6 is 0 Å². The van der Waals surface area contributed by atoms with Crippen molar-refractivity contribution in [1.29, 1.82) is 0 Å². The summed E-state index contributed by atoms with van der Waals surface area (Å²) in [6.45, 7) is 2.29. The van der Waals surface area contributed by atoms with E-state index in [0.29, 0.717) is 16.9 Å². The monoisotopic (exact) mass is 699 g/mol. The van der Waals surface area contributed by atoms with E-state index in [-0.39, 0.29) is 0 Å². The number of aryl methyl sites for hydroxylation is 1. The van der Waals surface area contributed by atoms with Crippen molar-refractivity contribution >= 4 is 18.4 Å². The molecule has 0 saturated heterocycles. The van der Waals surface area contributed by atoms with Crippen LogP contribution in [0.2, 0.25) is 13.1 Å². The van der Waals surface area contributed by atoms with Crippen molar-refractivity contribution < 1.29 is 8.85 Å². The molecule has 9 rings (SSSR count). The van der Waals surface area contributed by atoms with Crippen LogP contribution in [0.25, 0.3) is 66.8 Å². The molecule has 0 aliphatic carbocycles. The number of rotatable bonds is 6. The maximum absolute atomic E-state index is 8.65. The standard InChI is InChI=1S/C51H40OSi/c1-35-28-33-46-51(52-44-26-16-17-27-45(44)53(46,2)3)47(35)40-29-31-41(32-30-40)50-48(38-22-12-6-13-23-38)42(36-18-8-4-9-19-36)34-43(37-20-10-5-11-21-37)49(50)39-24-14-7-15-25-39/h4-34H,1-3H3/i1D3. The van der Waals surface area contributed by atoms with Crippen LogP contribution in [-0.4, -0.2) is 8.07 Å². The quantitative estimate of drug-likeness (QED) is 0.157. The molecule has 53 heavy (non-hydrogen) atoms. The summed E-state index contributed by atoms with van der Waals surface area (Å²) in [6, 6.07) is 65.4. The van der Waals surface area contributed by atoms with E-state index in [2.05, 4.69) is 177 Å². The summed E-state index contributed by atoms with van der Waals surface area (Å²) in [5.74, 6) is 1.47. The lowest BCUT2D eigenvalue weighted by atomic mass is 9.78. The van der Waals surface area contributed by atoms with Gasteiger partial charge in [-0.05, 0) is 96.1 Å². The number of para-hydroxylation sites is 1. The predicted octanol–water partition coefficient (Wildman–Crippen LogP) is 12.9. The molecule has 8 aromatic carbocycles. The SMILES string of the molecule is [2H]C([2H])([2H])c1ccc2c(c1-c1ccc(-c3c(-c4ccccc4)c(-c4ccccc4)cc(-c4ccccc4)c3-c3ccccc3)cc1)Oc1ccccc1[Si]2(C)C. The first-order valence-corrected chi connectivity index (χ1v) is 21.2. The Balaban J connectivity index is 1.35. The molecule has 1 nitrogen and oxygen atoms in total. The highest BCUT2D eigenvalue weighted by Gasteiger charge is 2.37. The average molecular weight is 700 g/mol. The van der Waals surface area contributed by atoms with Crippen molar-refractivity contribution in [3.8, 4) is 78.3 Å². The van der Waals surface area contributed by atoms with Gasteiger partial charge in [0.15, 0.2) is 0 Å². The van der Waals surface area contributed by atoms with Gasteiger partial charge in [-0.15, -0.1) is 0 Å². The highest BCUT2D eigenvalue weighted by Crippen LogP contribution is 2.50. The molecule has 0 radical (unpaired) electrons. The minimum absolute atomic E-state index is 0.292. The molecule has 0 fully saturated rings. The van der Waals surface area contributed by atoms with Crippen LogP contribution in [0.3, 0.4) is 0 Å². The molecule has 0 bridgehead atoms. The zero-order valence-corrected chi connectivity index (χ0v) is 30.8. The maximum Gasteiger partial charge on any atom is 0.135 e. The molecule has 0 atom stereocenters. The Morgan fingerprint density at radius 3 is 1.34 bits per heavy atom. The van der Waals surface area contributed by atoms with Crippen LogP contribution < -0.4 is 15.1 Å². The fourth-order valence-corrected chi connectivity index (χ4v) is 10.9. The average Bonchev–Trinajstić information content (AvgIpc) is 3.23. The van der Waals surface area contributed by atoms with Crippen molar-refractivity contribution in [2.45, 2.75) is 19.9 Å². The van der Waals surface area contributed by atoms with Gasteiger partial charge >= 0.3 is 0 Å². The largest absolute Gasteiger partial charge is 0.457 e. The maximum atomic E-state index is 8.65. The van der Waals surface area contributed by atoms with Crippen LogP contribution in [0.1, 0.15) is 9.68 Å². The number of ether oxygens (including phenoxy) is 1. The number of fused-ring (bicyclic) bond motifs is 2. The Morgan fingerprint density at radius 1 is 0.396 bits per heavy atom. The smallest absolute Gasteiger partial charge is 0.135 e. The summed E-state index contributed by atoms with van der Waals surface area (Å²) in [5.41, 5.74) is 12.9. The molecule has 1 aliphatic rings. The summed E-state index contributed by atoms with van der Waals surface area (Å²) in [4.78, 5) is 0. The first-order valence-electron chi connectivity index (χ1n) is 19.7. The highest BCUT2D eigenvalue weighted by molar-refractivity contribution is 7.01. The number of benzene rings is 8. The van der Waals surface area contributed by atoms with Crippen LogP contribution in [0.5, 0.6) is 11.5 Å². The van der Waals surface area contributed by atoms with E-state index in [1.807, 2.05) is 18.2 Å². The summed E-state index contributed by atoms with van der Waals surface area (Å²) in [5, 5.41) is 2.31. The highest BCUT2D eigenvalue weighted by atomic mass is 28.3. The van der Waals surface area contributed by atoms with Gasteiger partial charge in [0.2, 0.25) is 0 Å². The third-order valence-electron chi connectivity index (χ3n) is 10.7. The normalized spacial score (nSPS) is 13.8. The van der Waals surface area contributed by atoms with Gasteiger partial charge < -0.3 is 4.74 Å². The molecule has 0 unspecified atom stereocenters. The molecule has 0 spiro atoms. The van der Waals surface area contributed by atoms with E-state index in [4.69, 9.17) is 8.85 Å². The summed E-state index contributed by atoms with van der Waals surface area (Å²) in [7, 11) is -2.22. The molecule has 0 N–H and O–H groups in total. The van der Waals surface area contributed by atoms with Crippen molar-refractivity contribution in [1.82, 2.24) is 0 Å². The molecule has 1 heterocycles. The van der Waals surface area contributed by atoms with Gasteiger partial charge in [-0.25, -0.2) is 0 Å². The Morgan fingerprint density at radius 2 is 0.830 bits per heavy atom. The molecule has 0 saturated carbocycles. The molecular weight excluding hydrogens is 657 g/mol. The van der Waals surface area contributed by atoms with Gasteiger partial charge in [0.1, 0.15) is 19.6 Å². The van der Waals surface area contributed by atoms with Gasteiger partial charge in [0, 0.05) is 9.68 Å². The van der Waals surface area contributed by atoms with Crippen molar-refractivity contribution in [3.63, 3.8) is 0 Å². The fraction of sp³-hybridized carbons (Fsp3) is 0.0588. The molecule has 0 amide bonds. The second-order valence-corrected chi connectivity index (χ2v) is 18.6. The van der Waals surface area contributed by atoms with Crippen molar-refractivity contribution in [3.05, 3.63) is 194 Å². The van der Waals surface area contributed by atoms with E-state index in [0.717, 1.165) is 72.1 Å². The Hall–Kier alpha value is -6.22. The molecular formula is C51H40OSi. The topological polar surface area (TPSA) is 9.23 Å². The van der Waals surface area contributed by atoms with Crippen LogP contribution in [0, 0.1) is 6.85 Å². The van der Waals surface area contributed by atoms with Gasteiger partial charge in [0.05, 0.1) is 0 Å². The molecule has 8 aromatic rings. The minimum Gasteiger partial charge on any atom is -0.457 e. The first kappa shape index (κ1) is 29.4. The summed E-state index contributed by atoms with van der Waals surface area (Å²) in [6.07, 6.45) is 0. The number of hydrogen-bond acceptors (Lipinski definition) is 1. The lowest BCUT2D eigenvalue weighted by Gasteiger charge is -2.34. The zero-order valence-electron chi connectivity index (χ0n) is 32.8. The summed E-state index contributed by atoms with van der Waals surface area (Å²) < 4.78 is 32.7. The van der Waals surface area contributed by atoms with Crippen molar-refractivity contribution in [2.75, 3.05) is 0 Å². The number of hydrogen-bond donors (Lipinski definition) is 0. The zero-order chi connectivity index (χ0) is 38.4. The molecule has 1 aliphatic heterocycles. The van der Waals surface area contributed by atoms with Gasteiger partial charge in [-0.2, -0.15) is 0 Å². The van der Waals surface area contributed by atoms with E-state index in [1.165, 1.54) is 5.19 Å². The van der Waals surface area contributed by atoms with E-state index < -0.39 is 14.9 Å². The molecule has 2 heteroatoms. The second-order valence-electron chi connectivity index (χ2n) is 14.2. The fourth-order valence-electron chi connectivity index (χ4n) is 8.07. The van der Waals surface area contributed by atoms with Gasteiger partial charge in [0.25, 0.3) is 0 Å². The lowest BCUT2D eigenvalue weighted by molar-refractivity contribution is 0.488. The minimum atomic E-state index is -2.34. The third-order valence-corrected chi connectivity index (χ3v) is 14.2. The third kappa shape index (κ3) is 5.73. The van der Waals surface area contributed by atoms with Gasteiger partial charge in [-0.1, -0.05) is 189 Å². The van der Waals surface area contributed by atoms with Crippen LogP contribution in [0.4, 0.5) is 0 Å². The Kier molecular flexibility index (Phi) is 7.42. The molecule has 254 valence electrons. The van der Waals surface area contributed by atoms with E-state index >= 15 is 0 Å².